The van der Waals surface area contributed by atoms with E-state index >= 15 is 0 Å². The predicted octanol–water partition coefficient (Wildman–Crippen LogP) is 2.38. The molecule has 0 spiro atoms. The molecule has 1 atom stereocenters. The molecule has 0 bridgehead atoms. The van der Waals surface area contributed by atoms with E-state index in [1.54, 1.807) is 0 Å². The molecule has 4 nitrogen and oxygen atoms in total. The second-order valence-electron chi connectivity index (χ2n) is 5.55. The standard InChI is InChI=1S/C16H25ClN2O2/c1-3-8-21-16-9-12(2)14(17)10-13(16)15(20)11-19-6-4-18-5-7-19/h9-10,15,18,20H,3-8,11H2,1-2H3. The van der Waals surface area contributed by atoms with Gasteiger partial charge in [0.25, 0.3) is 0 Å². The number of halogens is 1. The van der Waals surface area contributed by atoms with Crippen molar-refractivity contribution in [1.82, 2.24) is 10.2 Å². The monoisotopic (exact) mass is 312 g/mol. The van der Waals surface area contributed by atoms with Crippen LogP contribution < -0.4 is 10.1 Å². The summed E-state index contributed by atoms with van der Waals surface area (Å²) < 4.78 is 5.78. The fourth-order valence-corrected chi connectivity index (χ4v) is 2.68. The van der Waals surface area contributed by atoms with Crippen molar-refractivity contribution >= 4 is 11.6 Å². The normalized spacial score (nSPS) is 17.7. The number of aliphatic hydroxyl groups excluding tert-OH is 1. The van der Waals surface area contributed by atoms with Gasteiger partial charge in [-0.2, -0.15) is 0 Å². The van der Waals surface area contributed by atoms with Gasteiger partial charge in [-0.15, -0.1) is 0 Å². The molecule has 1 saturated heterocycles. The summed E-state index contributed by atoms with van der Waals surface area (Å²) in [6.07, 6.45) is 0.364. The highest BCUT2D eigenvalue weighted by Gasteiger charge is 2.20. The molecule has 1 aromatic rings. The number of nitrogens with one attached hydrogen (secondary N) is 1. The van der Waals surface area contributed by atoms with Gasteiger partial charge in [0.15, 0.2) is 0 Å². The summed E-state index contributed by atoms with van der Waals surface area (Å²) in [5, 5.41) is 14.6. The lowest BCUT2D eigenvalue weighted by molar-refractivity contribution is 0.103. The van der Waals surface area contributed by atoms with E-state index in [-0.39, 0.29) is 0 Å². The van der Waals surface area contributed by atoms with Crippen molar-refractivity contribution in [1.29, 1.82) is 0 Å². The molecule has 1 heterocycles. The number of rotatable bonds is 6. The zero-order valence-corrected chi connectivity index (χ0v) is 13.6. The van der Waals surface area contributed by atoms with Crippen LogP contribution in [0, 0.1) is 6.92 Å². The van der Waals surface area contributed by atoms with Crippen molar-refractivity contribution in [2.45, 2.75) is 26.4 Å². The minimum Gasteiger partial charge on any atom is -0.493 e. The third-order valence-electron chi connectivity index (χ3n) is 3.75. The second kappa shape index (κ2) is 7.99. The quantitative estimate of drug-likeness (QED) is 0.846. The average Bonchev–Trinajstić information content (AvgIpc) is 2.49. The fourth-order valence-electron chi connectivity index (χ4n) is 2.50. The molecule has 0 amide bonds. The van der Waals surface area contributed by atoms with E-state index < -0.39 is 6.10 Å². The van der Waals surface area contributed by atoms with Crippen LogP contribution in [-0.4, -0.2) is 49.3 Å². The van der Waals surface area contributed by atoms with Gasteiger partial charge in [0, 0.05) is 43.3 Å². The van der Waals surface area contributed by atoms with Gasteiger partial charge < -0.3 is 15.2 Å². The van der Waals surface area contributed by atoms with Crippen molar-refractivity contribution in [3.05, 3.63) is 28.3 Å². The van der Waals surface area contributed by atoms with Crippen molar-refractivity contribution in [2.24, 2.45) is 0 Å². The molecular formula is C16H25ClN2O2. The van der Waals surface area contributed by atoms with E-state index in [1.807, 2.05) is 19.1 Å². The zero-order valence-electron chi connectivity index (χ0n) is 12.9. The first-order valence-corrected chi connectivity index (χ1v) is 8.03. The maximum atomic E-state index is 10.6. The maximum absolute atomic E-state index is 10.6. The van der Waals surface area contributed by atoms with Crippen LogP contribution in [0.25, 0.3) is 0 Å². The molecule has 118 valence electrons. The summed E-state index contributed by atoms with van der Waals surface area (Å²) in [6.45, 7) is 9.15. The summed E-state index contributed by atoms with van der Waals surface area (Å²) in [5.41, 5.74) is 1.76. The minimum absolute atomic E-state index is 0.576. The minimum atomic E-state index is -0.576. The largest absolute Gasteiger partial charge is 0.493 e. The first-order valence-electron chi connectivity index (χ1n) is 7.65. The van der Waals surface area contributed by atoms with Crippen LogP contribution in [0.5, 0.6) is 5.75 Å². The Kier molecular flexibility index (Phi) is 6.30. The highest BCUT2D eigenvalue weighted by Crippen LogP contribution is 2.32. The van der Waals surface area contributed by atoms with Crippen LogP contribution in [0.3, 0.4) is 0 Å². The first kappa shape index (κ1) is 16.6. The molecule has 21 heavy (non-hydrogen) atoms. The second-order valence-corrected chi connectivity index (χ2v) is 5.96. The average molecular weight is 313 g/mol. The van der Waals surface area contributed by atoms with E-state index in [1.165, 1.54) is 0 Å². The highest BCUT2D eigenvalue weighted by atomic mass is 35.5. The lowest BCUT2D eigenvalue weighted by Gasteiger charge is -2.29. The zero-order chi connectivity index (χ0) is 15.2. The molecule has 1 aliphatic heterocycles. The Hall–Kier alpha value is -0.810. The van der Waals surface area contributed by atoms with Crippen LogP contribution in [0.4, 0.5) is 0 Å². The first-order chi connectivity index (χ1) is 10.1. The smallest absolute Gasteiger partial charge is 0.125 e. The maximum Gasteiger partial charge on any atom is 0.125 e. The molecule has 0 aliphatic carbocycles. The summed E-state index contributed by atoms with van der Waals surface area (Å²) in [6, 6.07) is 3.77. The van der Waals surface area contributed by atoms with Crippen molar-refractivity contribution in [2.75, 3.05) is 39.3 Å². The molecule has 0 radical (unpaired) electrons. The van der Waals surface area contributed by atoms with Crippen LogP contribution >= 0.6 is 11.6 Å². The van der Waals surface area contributed by atoms with Crippen LogP contribution in [-0.2, 0) is 0 Å². The SMILES string of the molecule is CCCOc1cc(C)c(Cl)cc1C(O)CN1CCNCC1. The summed E-state index contributed by atoms with van der Waals surface area (Å²) in [4.78, 5) is 2.26. The van der Waals surface area contributed by atoms with Gasteiger partial charge in [0.2, 0.25) is 0 Å². The van der Waals surface area contributed by atoms with Gasteiger partial charge in [-0.1, -0.05) is 18.5 Å². The molecule has 2 N–H and O–H groups in total. The summed E-state index contributed by atoms with van der Waals surface area (Å²) in [5.74, 6) is 0.751. The molecule has 1 aliphatic rings. The fraction of sp³-hybridized carbons (Fsp3) is 0.625. The van der Waals surface area contributed by atoms with E-state index in [2.05, 4.69) is 17.1 Å². The van der Waals surface area contributed by atoms with Gasteiger partial charge >= 0.3 is 0 Å². The molecule has 1 fully saturated rings. The lowest BCUT2D eigenvalue weighted by atomic mass is 10.0. The third kappa shape index (κ3) is 4.58. The number of benzene rings is 1. The van der Waals surface area contributed by atoms with Crippen molar-refractivity contribution in [3.8, 4) is 5.75 Å². The number of β-amino-alcohol motifs (C(OH)–C–C–N with tert-alkyl or cyclic N) is 1. The Morgan fingerprint density at radius 3 is 2.76 bits per heavy atom. The molecule has 0 aromatic heterocycles. The molecule has 5 heteroatoms. The Balaban J connectivity index is 2.13. The van der Waals surface area contributed by atoms with Crippen molar-refractivity contribution in [3.63, 3.8) is 0 Å². The number of aryl methyl sites for hydroxylation is 1. The number of piperazine rings is 1. The highest BCUT2D eigenvalue weighted by molar-refractivity contribution is 6.31. The van der Waals surface area contributed by atoms with Crippen LogP contribution in [0.2, 0.25) is 5.02 Å². The topological polar surface area (TPSA) is 44.7 Å². The Morgan fingerprint density at radius 1 is 1.38 bits per heavy atom. The van der Waals surface area contributed by atoms with Gasteiger partial charge in [-0.25, -0.2) is 0 Å². The van der Waals surface area contributed by atoms with E-state index in [9.17, 15) is 5.11 Å². The Bertz CT molecular complexity index is 462. The summed E-state index contributed by atoms with van der Waals surface area (Å²) >= 11 is 6.22. The number of nitrogens with zero attached hydrogens (tertiary/aromatic N) is 1. The van der Waals surface area contributed by atoms with E-state index in [0.29, 0.717) is 18.2 Å². The van der Waals surface area contributed by atoms with Gasteiger partial charge in [0.05, 0.1) is 12.7 Å². The Morgan fingerprint density at radius 2 is 2.10 bits per heavy atom. The predicted molar refractivity (Wildman–Crippen MR) is 86.2 cm³/mol. The molecule has 0 saturated carbocycles. The van der Waals surface area contributed by atoms with Gasteiger partial charge in [-0.3, -0.25) is 4.90 Å². The number of hydrogen-bond donors (Lipinski definition) is 2. The third-order valence-corrected chi connectivity index (χ3v) is 4.16. The van der Waals surface area contributed by atoms with E-state index in [0.717, 1.165) is 49.5 Å². The lowest BCUT2D eigenvalue weighted by Crippen LogP contribution is -2.45. The molecule has 1 unspecified atom stereocenters. The number of aliphatic hydroxyl groups is 1. The molecule has 1 aromatic carbocycles. The number of hydrogen-bond acceptors (Lipinski definition) is 4. The molecule has 2 rings (SSSR count). The van der Waals surface area contributed by atoms with Crippen molar-refractivity contribution < 1.29 is 9.84 Å². The molecular weight excluding hydrogens is 288 g/mol. The Labute approximate surface area is 132 Å². The van der Waals surface area contributed by atoms with Gasteiger partial charge in [0.1, 0.15) is 5.75 Å². The van der Waals surface area contributed by atoms with Gasteiger partial charge in [-0.05, 0) is 31.0 Å². The summed E-state index contributed by atoms with van der Waals surface area (Å²) in [7, 11) is 0. The van der Waals surface area contributed by atoms with Crippen LogP contribution in [0.1, 0.15) is 30.6 Å². The van der Waals surface area contributed by atoms with E-state index in [4.69, 9.17) is 16.3 Å². The van der Waals surface area contributed by atoms with Crippen LogP contribution in [0.15, 0.2) is 12.1 Å². The number of ether oxygens (including phenoxy) is 1.